The van der Waals surface area contributed by atoms with Crippen LogP contribution in [0.1, 0.15) is 12.1 Å². The van der Waals surface area contributed by atoms with Gasteiger partial charge in [-0.3, -0.25) is 14.8 Å². The SMILES string of the molecule is CN1CCC(/N=C/c2cc(Br)c(F)cn2)C1=O. The first kappa shape index (κ1) is 12.2. The molecule has 6 heteroatoms. The predicted molar refractivity (Wildman–Crippen MR) is 65.5 cm³/mol. The second-order valence-corrected chi connectivity index (χ2v) is 4.72. The van der Waals surface area contributed by atoms with E-state index >= 15 is 0 Å². The molecule has 0 saturated carbocycles. The maximum atomic E-state index is 12.9. The molecule has 1 fully saturated rings. The molecule has 2 heterocycles. The lowest BCUT2D eigenvalue weighted by Crippen LogP contribution is -2.24. The maximum absolute atomic E-state index is 12.9. The van der Waals surface area contributed by atoms with E-state index in [0.29, 0.717) is 16.6 Å². The molecule has 0 N–H and O–H groups in total. The first-order valence-corrected chi connectivity index (χ1v) is 5.96. The standard InChI is InChI=1S/C11H11BrFN3O/c1-16-3-2-10(11(16)17)15-5-7-4-8(12)9(13)6-14-7/h4-6,10H,2-3H2,1H3/b15-5+. The van der Waals surface area contributed by atoms with Gasteiger partial charge in [0.05, 0.1) is 16.4 Å². The summed E-state index contributed by atoms with van der Waals surface area (Å²) in [6, 6.07) is 1.20. The van der Waals surface area contributed by atoms with Gasteiger partial charge >= 0.3 is 0 Å². The number of carbonyl (C=O) groups is 1. The van der Waals surface area contributed by atoms with E-state index in [9.17, 15) is 9.18 Å². The van der Waals surface area contributed by atoms with E-state index in [1.807, 2.05) is 0 Å². The second kappa shape index (κ2) is 4.91. The largest absolute Gasteiger partial charge is 0.344 e. The van der Waals surface area contributed by atoms with Gasteiger partial charge in [-0.05, 0) is 28.4 Å². The monoisotopic (exact) mass is 299 g/mol. The summed E-state index contributed by atoms with van der Waals surface area (Å²) < 4.78 is 13.3. The molecular formula is C11H11BrFN3O. The molecule has 4 nitrogen and oxygen atoms in total. The van der Waals surface area contributed by atoms with Crippen molar-refractivity contribution >= 4 is 28.1 Å². The Morgan fingerprint density at radius 3 is 3.06 bits per heavy atom. The third-order valence-electron chi connectivity index (χ3n) is 2.62. The summed E-state index contributed by atoms with van der Waals surface area (Å²) in [6.45, 7) is 0.724. The first-order valence-electron chi connectivity index (χ1n) is 5.17. The summed E-state index contributed by atoms with van der Waals surface area (Å²) in [5.74, 6) is -0.402. The first-order chi connectivity index (χ1) is 8.08. The van der Waals surface area contributed by atoms with Gasteiger partial charge in [-0.1, -0.05) is 0 Å². The number of amides is 1. The summed E-state index contributed by atoms with van der Waals surface area (Å²) in [5.41, 5.74) is 0.528. The van der Waals surface area contributed by atoms with Crippen LogP contribution in [-0.4, -0.2) is 41.6 Å². The average molecular weight is 300 g/mol. The molecule has 0 spiro atoms. The van der Waals surface area contributed by atoms with Crippen LogP contribution in [0.5, 0.6) is 0 Å². The summed E-state index contributed by atoms with van der Waals surface area (Å²) in [7, 11) is 1.75. The smallest absolute Gasteiger partial charge is 0.247 e. The van der Waals surface area contributed by atoms with Crippen LogP contribution in [0.3, 0.4) is 0 Å². The Hall–Kier alpha value is -1.30. The van der Waals surface area contributed by atoms with Crippen LogP contribution in [-0.2, 0) is 4.79 Å². The molecule has 1 saturated heterocycles. The Morgan fingerprint density at radius 2 is 2.47 bits per heavy atom. The number of hydrogen-bond donors (Lipinski definition) is 0. The summed E-state index contributed by atoms with van der Waals surface area (Å²) >= 11 is 3.07. The molecule has 1 aliphatic rings. The average Bonchev–Trinajstić information content (AvgIpc) is 2.62. The third-order valence-corrected chi connectivity index (χ3v) is 3.22. The minimum atomic E-state index is -0.418. The number of aliphatic imine (C=N–C) groups is 1. The van der Waals surface area contributed by atoms with Gasteiger partial charge in [0, 0.05) is 19.8 Å². The predicted octanol–water partition coefficient (Wildman–Crippen LogP) is 1.63. The van der Waals surface area contributed by atoms with Crippen LogP contribution in [0.4, 0.5) is 4.39 Å². The van der Waals surface area contributed by atoms with Crippen LogP contribution >= 0.6 is 15.9 Å². The number of hydrogen-bond acceptors (Lipinski definition) is 3. The molecular weight excluding hydrogens is 289 g/mol. The quantitative estimate of drug-likeness (QED) is 0.779. The Labute approximate surface area is 107 Å². The molecule has 0 aliphatic carbocycles. The van der Waals surface area contributed by atoms with Crippen LogP contribution in [0.25, 0.3) is 0 Å². The molecule has 1 aliphatic heterocycles. The van der Waals surface area contributed by atoms with Crippen LogP contribution in [0.15, 0.2) is 21.7 Å². The molecule has 0 radical (unpaired) electrons. The van der Waals surface area contributed by atoms with Crippen LogP contribution in [0, 0.1) is 5.82 Å². The van der Waals surface area contributed by atoms with Gasteiger partial charge in [0.25, 0.3) is 0 Å². The number of likely N-dealkylation sites (tertiary alicyclic amines) is 1. The fourth-order valence-electron chi connectivity index (χ4n) is 1.61. The van der Waals surface area contributed by atoms with Crippen molar-refractivity contribution in [1.82, 2.24) is 9.88 Å². The van der Waals surface area contributed by atoms with Gasteiger partial charge in [0.1, 0.15) is 6.04 Å². The number of pyridine rings is 1. The van der Waals surface area contributed by atoms with E-state index in [4.69, 9.17) is 0 Å². The van der Waals surface area contributed by atoms with E-state index < -0.39 is 5.82 Å². The maximum Gasteiger partial charge on any atom is 0.247 e. The Balaban J connectivity index is 2.10. The third kappa shape index (κ3) is 2.69. The highest BCUT2D eigenvalue weighted by atomic mass is 79.9. The number of aromatic nitrogens is 1. The van der Waals surface area contributed by atoms with Gasteiger partial charge < -0.3 is 4.90 Å². The van der Waals surface area contributed by atoms with Crippen molar-refractivity contribution < 1.29 is 9.18 Å². The molecule has 90 valence electrons. The van der Waals surface area contributed by atoms with E-state index in [-0.39, 0.29) is 11.9 Å². The van der Waals surface area contributed by atoms with E-state index in [2.05, 4.69) is 25.9 Å². The van der Waals surface area contributed by atoms with Crippen molar-refractivity contribution in [2.24, 2.45) is 4.99 Å². The number of likely N-dealkylation sites (N-methyl/N-ethyl adjacent to an activating group) is 1. The molecule has 17 heavy (non-hydrogen) atoms. The highest BCUT2D eigenvalue weighted by molar-refractivity contribution is 9.10. The number of rotatable bonds is 2. The molecule has 1 atom stereocenters. The van der Waals surface area contributed by atoms with Crippen molar-refractivity contribution in [1.29, 1.82) is 0 Å². The Kier molecular flexibility index (Phi) is 3.51. The number of nitrogens with zero attached hydrogens (tertiary/aromatic N) is 3. The molecule has 1 aromatic heterocycles. The molecule has 0 bridgehead atoms. The zero-order valence-corrected chi connectivity index (χ0v) is 10.8. The molecule has 1 amide bonds. The Bertz CT molecular complexity index is 478. The van der Waals surface area contributed by atoms with Crippen molar-refractivity contribution in [3.63, 3.8) is 0 Å². The van der Waals surface area contributed by atoms with Gasteiger partial charge in [-0.15, -0.1) is 0 Å². The molecule has 2 rings (SSSR count). The minimum absolute atomic E-state index is 0.0161. The van der Waals surface area contributed by atoms with Gasteiger partial charge in [-0.2, -0.15) is 0 Å². The zero-order chi connectivity index (χ0) is 12.4. The lowest BCUT2D eigenvalue weighted by atomic mass is 10.2. The zero-order valence-electron chi connectivity index (χ0n) is 9.23. The second-order valence-electron chi connectivity index (χ2n) is 3.87. The highest BCUT2D eigenvalue weighted by Crippen LogP contribution is 2.15. The summed E-state index contributed by atoms with van der Waals surface area (Å²) in [4.78, 5) is 21.3. The molecule has 0 aromatic carbocycles. The topological polar surface area (TPSA) is 45.6 Å². The number of carbonyl (C=O) groups excluding carboxylic acids is 1. The van der Waals surface area contributed by atoms with Crippen molar-refractivity contribution in [3.8, 4) is 0 Å². The van der Waals surface area contributed by atoms with Gasteiger partial charge in [0.2, 0.25) is 5.91 Å². The lowest BCUT2D eigenvalue weighted by Gasteiger charge is -2.06. The van der Waals surface area contributed by atoms with Crippen molar-refractivity contribution in [2.75, 3.05) is 13.6 Å². The molecule has 1 unspecified atom stereocenters. The normalized spacial score (nSPS) is 20.5. The van der Waals surface area contributed by atoms with Crippen LogP contribution < -0.4 is 0 Å². The fourth-order valence-corrected chi connectivity index (χ4v) is 1.95. The minimum Gasteiger partial charge on any atom is -0.344 e. The fraction of sp³-hybridized carbons (Fsp3) is 0.364. The highest BCUT2D eigenvalue weighted by Gasteiger charge is 2.27. The lowest BCUT2D eigenvalue weighted by molar-refractivity contribution is -0.127. The van der Waals surface area contributed by atoms with E-state index in [0.717, 1.165) is 12.7 Å². The van der Waals surface area contributed by atoms with Crippen molar-refractivity contribution in [2.45, 2.75) is 12.5 Å². The van der Waals surface area contributed by atoms with E-state index in [1.165, 1.54) is 12.3 Å². The molecule has 1 aromatic rings. The van der Waals surface area contributed by atoms with Gasteiger partial charge in [0.15, 0.2) is 5.82 Å². The van der Waals surface area contributed by atoms with E-state index in [1.54, 1.807) is 11.9 Å². The Morgan fingerprint density at radius 1 is 1.71 bits per heavy atom. The summed E-state index contributed by atoms with van der Waals surface area (Å²) in [6.07, 6.45) is 3.34. The van der Waals surface area contributed by atoms with Crippen LogP contribution in [0.2, 0.25) is 0 Å². The van der Waals surface area contributed by atoms with Gasteiger partial charge in [-0.25, -0.2) is 4.39 Å². The van der Waals surface area contributed by atoms with Crippen molar-refractivity contribution in [3.05, 3.63) is 28.2 Å². The number of halogens is 2. The summed E-state index contributed by atoms with van der Waals surface area (Å²) in [5, 5.41) is 0.